The minimum Gasteiger partial charge on any atom is -0.469 e. The topological polar surface area (TPSA) is 25.2 Å². The maximum absolute atomic E-state index is 5.54. The van der Waals surface area contributed by atoms with Gasteiger partial charge in [-0.2, -0.15) is 0 Å². The van der Waals surface area contributed by atoms with E-state index in [0.29, 0.717) is 6.04 Å². The zero-order valence-corrected chi connectivity index (χ0v) is 13.7. The Bertz CT molecular complexity index is 332. The smallest absolute Gasteiger partial charge is 0.108 e. The van der Waals surface area contributed by atoms with Gasteiger partial charge in [0.25, 0.3) is 0 Å². The van der Waals surface area contributed by atoms with Crippen molar-refractivity contribution in [2.75, 3.05) is 7.05 Å². The van der Waals surface area contributed by atoms with Crippen LogP contribution in [0.25, 0.3) is 0 Å². The number of nitrogens with one attached hydrogen (secondary N) is 1. The minimum absolute atomic E-state index is 0.462. The fraction of sp³-hybridized carbons (Fsp3) is 0.778. The summed E-state index contributed by atoms with van der Waals surface area (Å²) in [5.74, 6) is 1.14. The Balaban J connectivity index is 2.16. The van der Waals surface area contributed by atoms with Crippen LogP contribution in [-0.2, 0) is 6.42 Å². The fourth-order valence-corrected chi connectivity index (χ4v) is 2.89. The number of unbranched alkanes of at least 4 members (excludes halogenated alkanes) is 7. The quantitative estimate of drug-likeness (QED) is 0.501. The van der Waals surface area contributed by atoms with E-state index in [9.17, 15) is 0 Å². The highest BCUT2D eigenvalue weighted by Gasteiger charge is 2.14. The van der Waals surface area contributed by atoms with E-state index < -0.39 is 0 Å². The molecule has 0 saturated heterocycles. The summed E-state index contributed by atoms with van der Waals surface area (Å²) in [6.45, 7) is 4.43. The second-order valence-corrected chi connectivity index (χ2v) is 5.76. The van der Waals surface area contributed by atoms with Crippen LogP contribution in [-0.4, -0.2) is 7.05 Å². The zero-order chi connectivity index (χ0) is 14.6. The summed E-state index contributed by atoms with van der Waals surface area (Å²) in [4.78, 5) is 0. The van der Waals surface area contributed by atoms with Gasteiger partial charge in [-0.25, -0.2) is 0 Å². The summed E-state index contributed by atoms with van der Waals surface area (Å²) in [6.07, 6.45) is 15.1. The molecule has 20 heavy (non-hydrogen) atoms. The highest BCUT2D eigenvalue weighted by atomic mass is 16.3. The molecule has 1 N–H and O–H groups in total. The van der Waals surface area contributed by atoms with Crippen molar-refractivity contribution in [3.63, 3.8) is 0 Å². The lowest BCUT2D eigenvalue weighted by molar-refractivity contribution is 0.468. The van der Waals surface area contributed by atoms with Crippen LogP contribution < -0.4 is 5.32 Å². The third-order valence-electron chi connectivity index (χ3n) is 4.17. The Hall–Kier alpha value is -0.760. The molecule has 1 aromatic rings. The van der Waals surface area contributed by atoms with E-state index in [1.54, 1.807) is 0 Å². The molecule has 0 radical (unpaired) electrons. The number of aryl methyl sites for hydroxylation is 1. The van der Waals surface area contributed by atoms with Crippen LogP contribution in [0.4, 0.5) is 0 Å². The van der Waals surface area contributed by atoms with Crippen molar-refractivity contribution in [1.29, 1.82) is 0 Å². The molecule has 0 aliphatic heterocycles. The molecule has 116 valence electrons. The van der Waals surface area contributed by atoms with Gasteiger partial charge >= 0.3 is 0 Å². The third-order valence-corrected chi connectivity index (χ3v) is 4.17. The predicted octanol–water partition coefficient (Wildman–Crippen LogP) is 5.63. The van der Waals surface area contributed by atoms with Gasteiger partial charge in [-0.3, -0.25) is 0 Å². The summed E-state index contributed by atoms with van der Waals surface area (Å²) in [5, 5.41) is 3.44. The highest BCUT2D eigenvalue weighted by Crippen LogP contribution is 2.24. The van der Waals surface area contributed by atoms with Crippen molar-refractivity contribution in [1.82, 2.24) is 5.32 Å². The van der Waals surface area contributed by atoms with Crippen molar-refractivity contribution in [3.05, 3.63) is 23.7 Å². The van der Waals surface area contributed by atoms with E-state index in [4.69, 9.17) is 4.42 Å². The molecule has 1 atom stereocenters. The maximum Gasteiger partial charge on any atom is 0.108 e. The van der Waals surface area contributed by atoms with Crippen molar-refractivity contribution >= 4 is 0 Å². The predicted molar refractivity (Wildman–Crippen MR) is 87.1 cm³/mol. The molecule has 0 fully saturated rings. The first kappa shape index (κ1) is 17.3. The molecular weight excluding hydrogens is 246 g/mol. The van der Waals surface area contributed by atoms with Gasteiger partial charge < -0.3 is 9.73 Å². The Kier molecular flexibility index (Phi) is 9.48. The standard InChI is InChI=1S/C18H33NO/c1-4-6-7-8-9-10-11-12-13-17(19-3)16-14-15-20-18(16)5-2/h14-15,17,19H,4-13H2,1-3H3. The monoisotopic (exact) mass is 279 g/mol. The molecule has 1 heterocycles. The number of hydrogen-bond donors (Lipinski definition) is 1. The first-order valence-electron chi connectivity index (χ1n) is 8.57. The molecule has 0 spiro atoms. The van der Waals surface area contributed by atoms with Gasteiger partial charge in [0.1, 0.15) is 5.76 Å². The van der Waals surface area contributed by atoms with Crippen molar-refractivity contribution < 1.29 is 4.42 Å². The molecular formula is C18H33NO. The molecule has 0 aromatic carbocycles. The highest BCUT2D eigenvalue weighted by molar-refractivity contribution is 5.21. The Labute approximate surface area is 125 Å². The van der Waals surface area contributed by atoms with Crippen LogP contribution in [0.3, 0.4) is 0 Å². The first-order valence-corrected chi connectivity index (χ1v) is 8.57. The van der Waals surface area contributed by atoms with Gasteiger partial charge in [0.2, 0.25) is 0 Å². The third kappa shape index (κ3) is 6.13. The molecule has 1 unspecified atom stereocenters. The Morgan fingerprint density at radius 3 is 2.25 bits per heavy atom. The van der Waals surface area contributed by atoms with Gasteiger partial charge in [0.05, 0.1) is 6.26 Å². The van der Waals surface area contributed by atoms with Crippen LogP contribution in [0, 0.1) is 0 Å². The first-order chi connectivity index (χ1) is 9.83. The molecule has 2 nitrogen and oxygen atoms in total. The SMILES string of the molecule is CCCCCCCCCCC(NC)c1ccoc1CC. The van der Waals surface area contributed by atoms with Crippen molar-refractivity contribution in [3.8, 4) is 0 Å². The average molecular weight is 279 g/mol. The van der Waals surface area contributed by atoms with Gasteiger partial charge in [0, 0.05) is 18.0 Å². The molecule has 1 aromatic heterocycles. The molecule has 0 aliphatic rings. The lowest BCUT2D eigenvalue weighted by Gasteiger charge is -2.16. The van der Waals surface area contributed by atoms with Crippen molar-refractivity contribution in [2.24, 2.45) is 0 Å². The van der Waals surface area contributed by atoms with E-state index in [1.807, 2.05) is 6.26 Å². The fourth-order valence-electron chi connectivity index (χ4n) is 2.89. The number of furan rings is 1. The van der Waals surface area contributed by atoms with Gasteiger partial charge in [-0.1, -0.05) is 65.2 Å². The maximum atomic E-state index is 5.54. The molecule has 0 bridgehead atoms. The molecule has 0 amide bonds. The molecule has 0 saturated carbocycles. The summed E-state index contributed by atoms with van der Waals surface area (Å²) >= 11 is 0. The second-order valence-electron chi connectivity index (χ2n) is 5.76. The van der Waals surface area contributed by atoms with E-state index in [2.05, 4.69) is 32.3 Å². The van der Waals surface area contributed by atoms with E-state index in [1.165, 1.54) is 63.4 Å². The van der Waals surface area contributed by atoms with E-state index in [-0.39, 0.29) is 0 Å². The van der Waals surface area contributed by atoms with E-state index >= 15 is 0 Å². The summed E-state index contributed by atoms with van der Waals surface area (Å²) in [7, 11) is 2.06. The lowest BCUT2D eigenvalue weighted by atomic mass is 9.99. The average Bonchev–Trinajstić information content (AvgIpc) is 2.94. The van der Waals surface area contributed by atoms with Gasteiger partial charge in [-0.15, -0.1) is 0 Å². The molecule has 2 heteroatoms. The van der Waals surface area contributed by atoms with Crippen molar-refractivity contribution in [2.45, 2.75) is 84.1 Å². The Morgan fingerprint density at radius 1 is 1.00 bits per heavy atom. The lowest BCUT2D eigenvalue weighted by Crippen LogP contribution is -2.16. The van der Waals surface area contributed by atoms with Crippen LogP contribution >= 0.6 is 0 Å². The minimum atomic E-state index is 0.462. The largest absolute Gasteiger partial charge is 0.469 e. The Morgan fingerprint density at radius 2 is 1.65 bits per heavy atom. The van der Waals surface area contributed by atoms with Gasteiger partial charge in [0.15, 0.2) is 0 Å². The summed E-state index contributed by atoms with van der Waals surface area (Å²) in [5.41, 5.74) is 1.36. The zero-order valence-electron chi connectivity index (χ0n) is 13.7. The van der Waals surface area contributed by atoms with Crippen LogP contribution in [0.2, 0.25) is 0 Å². The molecule has 1 rings (SSSR count). The number of hydrogen-bond acceptors (Lipinski definition) is 2. The second kappa shape index (κ2) is 11.0. The van der Waals surface area contributed by atoms with Gasteiger partial charge in [-0.05, 0) is 19.5 Å². The van der Waals surface area contributed by atoms with E-state index in [0.717, 1.165) is 12.2 Å². The summed E-state index contributed by atoms with van der Waals surface area (Å²) in [6, 6.07) is 2.59. The van der Waals surface area contributed by atoms with Crippen LogP contribution in [0.5, 0.6) is 0 Å². The molecule has 0 aliphatic carbocycles. The van der Waals surface area contributed by atoms with Crippen LogP contribution in [0.15, 0.2) is 16.7 Å². The summed E-state index contributed by atoms with van der Waals surface area (Å²) < 4.78 is 5.54. The normalized spacial score (nSPS) is 12.8. The number of rotatable bonds is 12. The van der Waals surface area contributed by atoms with Crippen LogP contribution in [0.1, 0.15) is 89.0 Å².